The molecule has 2 aromatic rings. The molecule has 1 aliphatic rings. The minimum Gasteiger partial charge on any atom is -0.381 e. The summed E-state index contributed by atoms with van der Waals surface area (Å²) in [4.78, 5) is 43.6. The van der Waals surface area contributed by atoms with Crippen LogP contribution in [0, 0.1) is 11.8 Å². The van der Waals surface area contributed by atoms with Crippen LogP contribution in [0.4, 0.5) is 0 Å². The Morgan fingerprint density at radius 2 is 1.13 bits per heavy atom. The molecule has 2 aromatic carbocycles. The highest BCUT2D eigenvalue weighted by Gasteiger charge is 2.39. The van der Waals surface area contributed by atoms with Gasteiger partial charge >= 0.3 is 0 Å². The SMILES string of the molecule is CN(C)/C(=C/c1ccc(Cl)c(Cl)c1)CC(=O)C1CNCC(C(=O)C/C(=C\c2ccc(Cl)c(Cl)c2)N(C)C)C1=O. The van der Waals surface area contributed by atoms with Crippen LogP contribution >= 0.6 is 46.4 Å². The lowest BCUT2D eigenvalue weighted by Crippen LogP contribution is -2.50. The molecule has 0 spiro atoms. The lowest BCUT2D eigenvalue weighted by molar-refractivity contribution is -0.140. The van der Waals surface area contributed by atoms with E-state index in [0.29, 0.717) is 31.5 Å². The van der Waals surface area contributed by atoms with Crippen LogP contribution in [0.3, 0.4) is 0 Å². The lowest BCUT2D eigenvalue weighted by atomic mass is 9.81. The molecule has 0 amide bonds. The third-order valence-electron chi connectivity index (χ3n) is 6.57. The van der Waals surface area contributed by atoms with E-state index >= 15 is 0 Å². The zero-order valence-electron chi connectivity index (χ0n) is 22.2. The maximum Gasteiger partial charge on any atom is 0.156 e. The highest BCUT2D eigenvalue weighted by molar-refractivity contribution is 6.42. The summed E-state index contributed by atoms with van der Waals surface area (Å²) in [5.41, 5.74) is 2.98. The van der Waals surface area contributed by atoms with E-state index in [1.807, 2.05) is 50.1 Å². The predicted octanol–water partition coefficient (Wildman–Crippen LogP) is 6.13. The molecular formula is C29H31Cl4N3O3. The van der Waals surface area contributed by atoms with Gasteiger partial charge in [-0.3, -0.25) is 14.4 Å². The molecule has 1 heterocycles. The molecule has 1 fully saturated rings. The molecular weight excluding hydrogens is 580 g/mol. The van der Waals surface area contributed by atoms with Gasteiger partial charge in [0.1, 0.15) is 11.6 Å². The molecule has 0 aromatic heterocycles. The summed E-state index contributed by atoms with van der Waals surface area (Å²) in [6.45, 7) is 0.406. The molecule has 3 rings (SSSR count). The third-order valence-corrected chi connectivity index (χ3v) is 8.05. The summed E-state index contributed by atoms with van der Waals surface area (Å²) >= 11 is 24.3. The first-order chi connectivity index (χ1) is 18.4. The molecule has 1 N–H and O–H groups in total. The second kappa shape index (κ2) is 13.8. The number of Topliss-reactive ketones (excluding diaryl/α,β-unsaturated/α-hetero) is 3. The number of ketones is 3. The van der Waals surface area contributed by atoms with Crippen molar-refractivity contribution in [3.05, 3.63) is 79.0 Å². The van der Waals surface area contributed by atoms with Crippen molar-refractivity contribution in [1.82, 2.24) is 15.1 Å². The van der Waals surface area contributed by atoms with Gasteiger partial charge in [0.05, 0.1) is 31.9 Å². The fourth-order valence-electron chi connectivity index (χ4n) is 4.23. The van der Waals surface area contributed by atoms with Crippen LogP contribution in [0.5, 0.6) is 0 Å². The monoisotopic (exact) mass is 609 g/mol. The van der Waals surface area contributed by atoms with E-state index in [-0.39, 0.29) is 43.3 Å². The minimum absolute atomic E-state index is 0.0341. The Kier molecular flexibility index (Phi) is 11.1. The number of hydrogen-bond acceptors (Lipinski definition) is 6. The minimum atomic E-state index is -0.910. The zero-order valence-corrected chi connectivity index (χ0v) is 25.3. The number of nitrogens with one attached hydrogen (secondary N) is 1. The molecule has 0 radical (unpaired) electrons. The first kappa shape index (κ1) is 31.2. The van der Waals surface area contributed by atoms with Crippen molar-refractivity contribution < 1.29 is 14.4 Å². The molecule has 0 bridgehead atoms. The summed E-state index contributed by atoms with van der Waals surface area (Å²) in [5, 5.41) is 4.82. The number of hydrogen-bond donors (Lipinski definition) is 1. The highest BCUT2D eigenvalue weighted by atomic mass is 35.5. The van der Waals surface area contributed by atoms with Gasteiger partial charge in [-0.25, -0.2) is 0 Å². The number of rotatable bonds is 10. The fourth-order valence-corrected chi connectivity index (χ4v) is 4.84. The van der Waals surface area contributed by atoms with Crippen LogP contribution in [-0.2, 0) is 14.4 Å². The Morgan fingerprint density at radius 3 is 1.46 bits per heavy atom. The predicted molar refractivity (Wildman–Crippen MR) is 160 cm³/mol. The quantitative estimate of drug-likeness (QED) is 0.327. The smallest absolute Gasteiger partial charge is 0.156 e. The third kappa shape index (κ3) is 8.32. The van der Waals surface area contributed by atoms with E-state index in [4.69, 9.17) is 46.4 Å². The molecule has 10 heteroatoms. The molecule has 2 unspecified atom stereocenters. The molecule has 2 atom stereocenters. The van der Waals surface area contributed by atoms with E-state index in [2.05, 4.69) is 5.32 Å². The summed E-state index contributed by atoms with van der Waals surface area (Å²) in [6.07, 6.45) is 3.74. The van der Waals surface area contributed by atoms with E-state index in [0.717, 1.165) is 11.1 Å². The molecule has 0 saturated carbocycles. The fraction of sp³-hybridized carbons (Fsp3) is 0.345. The zero-order chi connectivity index (χ0) is 28.9. The summed E-state index contributed by atoms with van der Waals surface area (Å²) in [6, 6.07) is 10.4. The first-order valence-electron chi connectivity index (χ1n) is 12.3. The Bertz CT molecular complexity index is 1220. The van der Waals surface area contributed by atoms with Gasteiger partial charge in [0.25, 0.3) is 0 Å². The van der Waals surface area contributed by atoms with Crippen molar-refractivity contribution >= 4 is 75.9 Å². The largest absolute Gasteiger partial charge is 0.381 e. The maximum absolute atomic E-state index is 13.4. The van der Waals surface area contributed by atoms with Gasteiger partial charge in [0.15, 0.2) is 5.78 Å². The van der Waals surface area contributed by atoms with E-state index < -0.39 is 11.8 Å². The average molecular weight is 611 g/mol. The Labute approximate surface area is 249 Å². The van der Waals surface area contributed by atoms with Gasteiger partial charge in [-0.1, -0.05) is 58.5 Å². The van der Waals surface area contributed by atoms with Crippen LogP contribution < -0.4 is 5.32 Å². The van der Waals surface area contributed by atoms with Gasteiger partial charge in [-0.15, -0.1) is 0 Å². The van der Waals surface area contributed by atoms with Crippen molar-refractivity contribution in [3.8, 4) is 0 Å². The van der Waals surface area contributed by atoms with Crippen molar-refractivity contribution in [2.45, 2.75) is 12.8 Å². The maximum atomic E-state index is 13.4. The second-order valence-electron chi connectivity index (χ2n) is 9.86. The van der Waals surface area contributed by atoms with E-state index in [1.54, 1.807) is 36.4 Å². The van der Waals surface area contributed by atoms with Crippen LogP contribution in [0.25, 0.3) is 12.2 Å². The Morgan fingerprint density at radius 1 is 0.744 bits per heavy atom. The van der Waals surface area contributed by atoms with Gasteiger partial charge in [0.2, 0.25) is 0 Å². The van der Waals surface area contributed by atoms with Crippen molar-refractivity contribution in [2.75, 3.05) is 41.3 Å². The Hall–Kier alpha value is -2.35. The van der Waals surface area contributed by atoms with Crippen LogP contribution in [0.15, 0.2) is 47.8 Å². The lowest BCUT2D eigenvalue weighted by Gasteiger charge is -2.29. The topological polar surface area (TPSA) is 69.7 Å². The number of carbonyl (C=O) groups excluding carboxylic acids is 3. The van der Waals surface area contributed by atoms with Crippen molar-refractivity contribution in [3.63, 3.8) is 0 Å². The molecule has 0 aliphatic carbocycles. The molecule has 1 aliphatic heterocycles. The normalized spacial score (nSPS) is 18.2. The average Bonchev–Trinajstić information content (AvgIpc) is 2.87. The van der Waals surface area contributed by atoms with Gasteiger partial charge < -0.3 is 15.1 Å². The van der Waals surface area contributed by atoms with Crippen LogP contribution in [0.2, 0.25) is 20.1 Å². The summed E-state index contributed by atoms with van der Waals surface area (Å²) in [5.74, 6) is -2.66. The molecule has 1 saturated heterocycles. The number of nitrogens with zero attached hydrogens (tertiary/aromatic N) is 2. The van der Waals surface area contributed by atoms with E-state index in [9.17, 15) is 14.4 Å². The number of benzene rings is 2. The number of piperidine rings is 1. The van der Waals surface area contributed by atoms with E-state index in [1.165, 1.54) is 0 Å². The first-order valence-corrected chi connectivity index (χ1v) is 13.8. The second-order valence-corrected chi connectivity index (χ2v) is 11.5. The molecule has 6 nitrogen and oxygen atoms in total. The van der Waals surface area contributed by atoms with Gasteiger partial charge in [-0.05, 0) is 47.5 Å². The van der Waals surface area contributed by atoms with Crippen molar-refractivity contribution in [2.24, 2.45) is 11.8 Å². The van der Waals surface area contributed by atoms with Gasteiger partial charge in [-0.2, -0.15) is 0 Å². The molecule has 39 heavy (non-hydrogen) atoms. The number of carbonyl (C=O) groups is 3. The number of allylic oxidation sites excluding steroid dienone is 2. The summed E-state index contributed by atoms with van der Waals surface area (Å²) < 4.78 is 0. The van der Waals surface area contributed by atoms with Crippen molar-refractivity contribution in [1.29, 1.82) is 0 Å². The number of halogens is 4. The standard InChI is InChI=1S/C29H31Cl4N3O3/c1-35(2)19(9-17-5-7-23(30)25(32)11-17)13-27(37)21-15-34-16-22(29(21)39)28(38)14-20(36(3)4)10-18-6-8-24(31)26(33)12-18/h5-12,21-22,34H,13-16H2,1-4H3/b19-9+,20-10+. The van der Waals surface area contributed by atoms with Crippen LogP contribution in [0.1, 0.15) is 24.0 Å². The van der Waals surface area contributed by atoms with Gasteiger partial charge in [0, 0.05) is 65.5 Å². The summed E-state index contributed by atoms with van der Waals surface area (Å²) in [7, 11) is 7.31. The molecule has 208 valence electrons. The van der Waals surface area contributed by atoms with Crippen LogP contribution in [-0.4, -0.2) is 68.4 Å². The highest BCUT2D eigenvalue weighted by Crippen LogP contribution is 2.27. The Balaban J connectivity index is 1.75.